The maximum Gasteiger partial charge on any atom is 0.337 e. The van der Waals surface area contributed by atoms with Crippen molar-refractivity contribution in [3.8, 4) is 6.01 Å². The molecule has 0 bridgehead atoms. The van der Waals surface area contributed by atoms with Gasteiger partial charge in [-0.2, -0.15) is 4.98 Å². The molecule has 3 aromatic rings. The van der Waals surface area contributed by atoms with Crippen molar-refractivity contribution in [2.75, 3.05) is 0 Å². The molecule has 0 radical (unpaired) electrons. The summed E-state index contributed by atoms with van der Waals surface area (Å²) >= 11 is 0. The minimum absolute atomic E-state index is 0.0862. The van der Waals surface area contributed by atoms with Crippen LogP contribution in [0, 0.1) is 5.82 Å². The maximum absolute atomic E-state index is 14.1. The highest BCUT2D eigenvalue weighted by Crippen LogP contribution is 2.26. The van der Waals surface area contributed by atoms with Gasteiger partial charge in [-0.05, 0) is 24.5 Å². The number of nitrogens with zero attached hydrogens (tertiary/aromatic N) is 1. The molecule has 2 aromatic heterocycles. The van der Waals surface area contributed by atoms with Gasteiger partial charge in [-0.1, -0.05) is 38.5 Å². The Labute approximate surface area is 148 Å². The second kappa shape index (κ2) is 7.51. The van der Waals surface area contributed by atoms with Crippen LogP contribution in [0.15, 0.2) is 44.3 Å². The molecular formula is C19H19FN2O4. The van der Waals surface area contributed by atoms with Crippen molar-refractivity contribution >= 4 is 11.1 Å². The van der Waals surface area contributed by atoms with Gasteiger partial charge >= 0.3 is 5.63 Å². The maximum atomic E-state index is 14.1. The fourth-order valence-electron chi connectivity index (χ4n) is 2.87. The molecule has 7 heteroatoms. The van der Waals surface area contributed by atoms with Crippen LogP contribution in [0.2, 0.25) is 0 Å². The third-order valence-electron chi connectivity index (χ3n) is 4.11. The van der Waals surface area contributed by atoms with E-state index in [1.165, 1.54) is 12.1 Å². The van der Waals surface area contributed by atoms with Gasteiger partial charge in [-0.3, -0.25) is 9.78 Å². The third kappa shape index (κ3) is 3.51. The number of benzene rings is 1. The minimum Gasteiger partial charge on any atom is -0.456 e. The lowest BCUT2D eigenvalue weighted by Gasteiger charge is -2.18. The van der Waals surface area contributed by atoms with Crippen molar-refractivity contribution < 1.29 is 13.5 Å². The van der Waals surface area contributed by atoms with Crippen LogP contribution in [0.1, 0.15) is 43.9 Å². The second-order valence-electron chi connectivity index (χ2n) is 5.91. The summed E-state index contributed by atoms with van der Waals surface area (Å²) in [5, 5.41) is 0.220. The van der Waals surface area contributed by atoms with Crippen LogP contribution in [-0.4, -0.2) is 9.97 Å². The van der Waals surface area contributed by atoms with Crippen LogP contribution in [0.5, 0.6) is 6.01 Å². The number of H-pyrrole nitrogens is 1. The van der Waals surface area contributed by atoms with Crippen molar-refractivity contribution in [1.29, 1.82) is 0 Å². The first-order chi connectivity index (χ1) is 12.5. The Morgan fingerprint density at radius 2 is 2.04 bits per heavy atom. The normalized spacial score (nSPS) is 12.3. The van der Waals surface area contributed by atoms with E-state index < -0.39 is 23.1 Å². The summed E-state index contributed by atoms with van der Waals surface area (Å²) in [7, 11) is 0. The topological polar surface area (TPSA) is 85.2 Å². The lowest BCUT2D eigenvalue weighted by molar-refractivity contribution is 0.172. The van der Waals surface area contributed by atoms with Gasteiger partial charge in [0, 0.05) is 11.6 Å². The summed E-state index contributed by atoms with van der Waals surface area (Å²) in [4.78, 5) is 30.8. The van der Waals surface area contributed by atoms with Crippen LogP contribution in [0.3, 0.4) is 0 Å². The van der Waals surface area contributed by atoms with Crippen LogP contribution >= 0.6 is 0 Å². The fourth-order valence-corrected chi connectivity index (χ4v) is 2.87. The van der Waals surface area contributed by atoms with Gasteiger partial charge in [0.2, 0.25) is 5.71 Å². The molecule has 1 aromatic carbocycles. The van der Waals surface area contributed by atoms with E-state index in [9.17, 15) is 14.0 Å². The summed E-state index contributed by atoms with van der Waals surface area (Å²) in [6.45, 7) is 3.77. The van der Waals surface area contributed by atoms with Gasteiger partial charge in [0.05, 0.1) is 0 Å². The molecule has 136 valence electrons. The Hall–Kier alpha value is -2.96. The molecule has 26 heavy (non-hydrogen) atoms. The average Bonchev–Trinajstić information content (AvgIpc) is 2.60. The highest BCUT2D eigenvalue weighted by molar-refractivity contribution is 5.75. The molecule has 0 aliphatic heterocycles. The zero-order valence-corrected chi connectivity index (χ0v) is 14.5. The zero-order chi connectivity index (χ0) is 18.7. The van der Waals surface area contributed by atoms with Gasteiger partial charge in [0.25, 0.3) is 11.6 Å². The molecule has 0 aliphatic rings. The molecule has 0 saturated carbocycles. The predicted molar refractivity (Wildman–Crippen MR) is 95.0 cm³/mol. The first-order valence-electron chi connectivity index (χ1n) is 8.51. The number of halogens is 1. The molecule has 0 unspecified atom stereocenters. The SMILES string of the molecule is CCC[C@@H](Oc1nc2oc(=O)cc(CC)c2c(=O)[nH]1)c1ccccc1F. The number of hydrogen-bond donors (Lipinski definition) is 1. The summed E-state index contributed by atoms with van der Waals surface area (Å²) in [6, 6.07) is 7.46. The van der Waals surface area contributed by atoms with E-state index in [4.69, 9.17) is 9.15 Å². The Balaban J connectivity index is 2.06. The number of aryl methyl sites for hydroxylation is 1. The molecule has 3 rings (SSSR count). The molecule has 1 N–H and O–H groups in total. The van der Waals surface area contributed by atoms with E-state index in [1.54, 1.807) is 18.2 Å². The molecule has 0 aliphatic carbocycles. The van der Waals surface area contributed by atoms with E-state index in [2.05, 4.69) is 9.97 Å². The molecular weight excluding hydrogens is 339 g/mol. The number of ether oxygens (including phenoxy) is 1. The monoisotopic (exact) mass is 358 g/mol. The Bertz CT molecular complexity index is 1040. The van der Waals surface area contributed by atoms with Crippen LogP contribution in [0.4, 0.5) is 4.39 Å². The molecule has 0 fully saturated rings. The predicted octanol–water partition coefficient (Wildman–Crippen LogP) is 3.50. The molecule has 0 spiro atoms. The molecule has 6 nitrogen and oxygen atoms in total. The standard InChI is InChI=1S/C19H19FN2O4/c1-3-7-14(12-8-5-6-9-13(12)20)25-19-21-17(24)16-11(4-2)10-15(23)26-18(16)22-19/h5-6,8-10,14H,3-4,7H2,1-2H3,(H,21,22,24)/t14-/m1/s1. The van der Waals surface area contributed by atoms with E-state index in [1.807, 2.05) is 13.8 Å². The van der Waals surface area contributed by atoms with E-state index >= 15 is 0 Å². The molecule has 2 heterocycles. The van der Waals surface area contributed by atoms with Crippen molar-refractivity contribution in [2.24, 2.45) is 0 Å². The summed E-state index contributed by atoms with van der Waals surface area (Å²) in [5.41, 5.74) is -0.208. The first-order valence-corrected chi connectivity index (χ1v) is 8.51. The van der Waals surface area contributed by atoms with E-state index in [0.29, 0.717) is 24.0 Å². The van der Waals surface area contributed by atoms with Gasteiger partial charge in [0.1, 0.15) is 17.3 Å². The van der Waals surface area contributed by atoms with Gasteiger partial charge in [-0.15, -0.1) is 0 Å². The number of fused-ring (bicyclic) bond motifs is 1. The van der Waals surface area contributed by atoms with Crippen molar-refractivity contribution in [3.63, 3.8) is 0 Å². The van der Waals surface area contributed by atoms with Crippen LogP contribution < -0.4 is 15.9 Å². The Morgan fingerprint density at radius 1 is 1.27 bits per heavy atom. The van der Waals surface area contributed by atoms with Crippen LogP contribution in [-0.2, 0) is 6.42 Å². The van der Waals surface area contributed by atoms with Gasteiger partial charge < -0.3 is 9.15 Å². The molecule has 0 amide bonds. The van der Waals surface area contributed by atoms with Crippen molar-refractivity contribution in [3.05, 3.63) is 68.0 Å². The largest absolute Gasteiger partial charge is 0.456 e. The summed E-state index contributed by atoms with van der Waals surface area (Å²) in [6.07, 6.45) is 1.14. The summed E-state index contributed by atoms with van der Waals surface area (Å²) < 4.78 is 24.9. The molecule has 1 atom stereocenters. The number of nitrogens with one attached hydrogen (secondary N) is 1. The minimum atomic E-state index is -0.622. The number of aromatic amines is 1. The van der Waals surface area contributed by atoms with Crippen molar-refractivity contribution in [1.82, 2.24) is 9.97 Å². The fraction of sp³-hybridized carbons (Fsp3) is 0.316. The smallest absolute Gasteiger partial charge is 0.337 e. The highest BCUT2D eigenvalue weighted by Gasteiger charge is 2.19. The Kier molecular flexibility index (Phi) is 5.16. The quantitative estimate of drug-likeness (QED) is 0.729. The van der Waals surface area contributed by atoms with E-state index in [0.717, 1.165) is 6.42 Å². The third-order valence-corrected chi connectivity index (χ3v) is 4.11. The lowest BCUT2D eigenvalue weighted by atomic mass is 10.0. The second-order valence-corrected chi connectivity index (χ2v) is 5.91. The summed E-state index contributed by atoms with van der Waals surface area (Å²) in [5.74, 6) is -0.395. The number of aromatic nitrogens is 2. The van der Waals surface area contributed by atoms with E-state index in [-0.39, 0.29) is 17.1 Å². The van der Waals surface area contributed by atoms with Crippen LogP contribution in [0.25, 0.3) is 11.1 Å². The highest BCUT2D eigenvalue weighted by atomic mass is 19.1. The Morgan fingerprint density at radius 3 is 2.73 bits per heavy atom. The zero-order valence-electron chi connectivity index (χ0n) is 14.5. The number of rotatable bonds is 6. The van der Waals surface area contributed by atoms with Crippen molar-refractivity contribution in [2.45, 2.75) is 39.2 Å². The first kappa shape index (κ1) is 17.8. The van der Waals surface area contributed by atoms with Gasteiger partial charge in [-0.25, -0.2) is 9.18 Å². The number of hydrogen-bond acceptors (Lipinski definition) is 5. The average molecular weight is 358 g/mol. The van der Waals surface area contributed by atoms with Gasteiger partial charge in [0.15, 0.2) is 0 Å². The molecule has 0 saturated heterocycles. The lowest BCUT2D eigenvalue weighted by Crippen LogP contribution is -2.17.